The van der Waals surface area contributed by atoms with Gasteiger partial charge in [0.15, 0.2) is 0 Å². The molecule has 0 saturated heterocycles. The predicted molar refractivity (Wildman–Crippen MR) is 65.6 cm³/mol. The number of rotatable bonds is 6. The normalized spacial score (nSPS) is 13.2. The van der Waals surface area contributed by atoms with Gasteiger partial charge in [0.2, 0.25) is 0 Å². The third-order valence-corrected chi connectivity index (χ3v) is 2.52. The summed E-state index contributed by atoms with van der Waals surface area (Å²) in [4.78, 5) is 0. The van der Waals surface area contributed by atoms with Gasteiger partial charge in [0, 0.05) is 12.1 Å². The highest BCUT2D eigenvalue weighted by atomic mass is 19.1. The van der Waals surface area contributed by atoms with Gasteiger partial charge in [-0.15, -0.1) is 0 Å². The first kappa shape index (κ1) is 13.8. The molecular weight excluding hydrogens is 222 g/mol. The van der Waals surface area contributed by atoms with Gasteiger partial charge in [0.1, 0.15) is 11.6 Å². The first-order valence-corrected chi connectivity index (χ1v) is 5.69. The Morgan fingerprint density at radius 2 is 2.00 bits per heavy atom. The van der Waals surface area contributed by atoms with Crippen molar-refractivity contribution >= 4 is 0 Å². The van der Waals surface area contributed by atoms with Crippen LogP contribution in [0, 0.1) is 11.6 Å². The zero-order chi connectivity index (χ0) is 12.7. The van der Waals surface area contributed by atoms with Crippen LogP contribution >= 0.6 is 0 Å². The lowest BCUT2D eigenvalue weighted by molar-refractivity contribution is 0.475. The Morgan fingerprint density at radius 3 is 2.53 bits per heavy atom. The molecule has 0 aliphatic carbocycles. The molecule has 0 aromatic heterocycles. The van der Waals surface area contributed by atoms with Crippen molar-refractivity contribution < 1.29 is 8.78 Å². The van der Waals surface area contributed by atoms with E-state index in [1.807, 2.05) is 19.1 Å². The van der Waals surface area contributed by atoms with Crippen molar-refractivity contribution in [3.05, 3.63) is 47.5 Å². The summed E-state index contributed by atoms with van der Waals surface area (Å²) in [5.41, 5.74) is 5.57. The van der Waals surface area contributed by atoms with Crippen LogP contribution in [0.15, 0.2) is 30.4 Å². The maximum absolute atomic E-state index is 13.5. The van der Waals surface area contributed by atoms with Crippen LogP contribution in [0.4, 0.5) is 8.78 Å². The molecule has 3 N–H and O–H groups in total. The molecule has 1 aromatic rings. The summed E-state index contributed by atoms with van der Waals surface area (Å²) in [6.07, 6.45) is 4.73. The quantitative estimate of drug-likeness (QED) is 0.592. The molecule has 17 heavy (non-hydrogen) atoms. The number of hydrogen-bond donors (Lipinski definition) is 2. The van der Waals surface area contributed by atoms with E-state index >= 15 is 0 Å². The summed E-state index contributed by atoms with van der Waals surface area (Å²) in [5.74, 6) is -1.11. The fourth-order valence-corrected chi connectivity index (χ4v) is 1.65. The molecule has 0 radical (unpaired) electrons. The molecule has 1 aromatic carbocycles. The number of benzene rings is 1. The topological polar surface area (TPSA) is 38.0 Å². The minimum absolute atomic E-state index is 0.0236. The van der Waals surface area contributed by atoms with Crippen LogP contribution < -0.4 is 11.1 Å². The molecular formula is C13H18F2N2. The monoisotopic (exact) mass is 240 g/mol. The molecule has 2 nitrogen and oxygen atoms in total. The van der Waals surface area contributed by atoms with Gasteiger partial charge in [0.25, 0.3) is 0 Å². The van der Waals surface area contributed by atoms with Gasteiger partial charge < -0.3 is 11.1 Å². The fraction of sp³-hybridized carbons (Fsp3) is 0.385. The second-order valence-corrected chi connectivity index (χ2v) is 3.74. The van der Waals surface area contributed by atoms with Gasteiger partial charge >= 0.3 is 0 Å². The molecule has 1 rings (SSSR count). The molecule has 0 spiro atoms. The van der Waals surface area contributed by atoms with E-state index in [2.05, 4.69) is 5.32 Å². The molecule has 1 unspecified atom stereocenters. The van der Waals surface area contributed by atoms with Crippen LogP contribution in [-0.2, 0) is 0 Å². The highest BCUT2D eigenvalue weighted by Crippen LogP contribution is 2.19. The van der Waals surface area contributed by atoms with Crippen LogP contribution in [0.1, 0.15) is 24.9 Å². The van der Waals surface area contributed by atoms with Crippen molar-refractivity contribution in [2.75, 3.05) is 13.1 Å². The second-order valence-electron chi connectivity index (χ2n) is 3.74. The molecule has 94 valence electrons. The Morgan fingerprint density at radius 1 is 1.35 bits per heavy atom. The van der Waals surface area contributed by atoms with Crippen LogP contribution in [0.3, 0.4) is 0 Å². The maximum atomic E-state index is 13.5. The molecule has 4 heteroatoms. The summed E-state index contributed by atoms with van der Waals surface area (Å²) in [7, 11) is 0. The Bertz CT molecular complexity index is 357. The van der Waals surface area contributed by atoms with E-state index in [4.69, 9.17) is 5.73 Å². The highest BCUT2D eigenvalue weighted by Gasteiger charge is 2.17. The minimum Gasteiger partial charge on any atom is -0.329 e. The molecule has 0 amide bonds. The largest absolute Gasteiger partial charge is 0.329 e. The van der Waals surface area contributed by atoms with E-state index in [9.17, 15) is 8.78 Å². The third kappa shape index (κ3) is 3.91. The average molecular weight is 240 g/mol. The van der Waals surface area contributed by atoms with Crippen molar-refractivity contribution in [1.82, 2.24) is 5.32 Å². The molecule has 0 heterocycles. The van der Waals surface area contributed by atoms with E-state index in [0.29, 0.717) is 6.54 Å². The van der Waals surface area contributed by atoms with Crippen LogP contribution in [0.5, 0.6) is 0 Å². The Balaban J connectivity index is 2.72. The molecule has 0 aliphatic heterocycles. The molecule has 0 aliphatic rings. The number of allylic oxidation sites excluding steroid dienone is 1. The number of nitrogens with two attached hydrogens (primary N) is 1. The third-order valence-electron chi connectivity index (χ3n) is 2.52. The van der Waals surface area contributed by atoms with Crippen molar-refractivity contribution in [2.24, 2.45) is 5.73 Å². The zero-order valence-corrected chi connectivity index (χ0v) is 9.92. The van der Waals surface area contributed by atoms with Gasteiger partial charge in [-0.05, 0) is 32.0 Å². The highest BCUT2D eigenvalue weighted by molar-refractivity contribution is 5.23. The van der Waals surface area contributed by atoms with E-state index in [-0.39, 0.29) is 12.1 Å². The van der Waals surface area contributed by atoms with E-state index < -0.39 is 17.7 Å². The van der Waals surface area contributed by atoms with Crippen LogP contribution in [-0.4, -0.2) is 13.1 Å². The minimum atomic E-state index is -0.556. The van der Waals surface area contributed by atoms with Crippen molar-refractivity contribution in [1.29, 1.82) is 0 Å². The van der Waals surface area contributed by atoms with Gasteiger partial charge in [-0.1, -0.05) is 18.2 Å². The molecule has 1 atom stereocenters. The lowest BCUT2D eigenvalue weighted by Gasteiger charge is -2.18. The fourth-order valence-electron chi connectivity index (χ4n) is 1.65. The Kier molecular flexibility index (Phi) is 5.80. The molecule has 0 bridgehead atoms. The number of hydrogen-bond acceptors (Lipinski definition) is 2. The summed E-state index contributed by atoms with van der Waals surface area (Å²) >= 11 is 0. The zero-order valence-electron chi connectivity index (χ0n) is 9.92. The van der Waals surface area contributed by atoms with E-state index in [1.54, 1.807) is 0 Å². The van der Waals surface area contributed by atoms with Crippen molar-refractivity contribution in [3.63, 3.8) is 0 Å². The van der Waals surface area contributed by atoms with E-state index in [0.717, 1.165) is 6.42 Å². The molecule has 0 saturated carbocycles. The van der Waals surface area contributed by atoms with Crippen LogP contribution in [0.2, 0.25) is 0 Å². The Hall–Kier alpha value is -1.26. The average Bonchev–Trinajstić information content (AvgIpc) is 2.31. The Labute approximate surface area is 101 Å². The SMILES string of the molecule is C/C=C/CCNC(CN)c1c(F)cccc1F. The van der Waals surface area contributed by atoms with Crippen molar-refractivity contribution in [3.8, 4) is 0 Å². The first-order valence-electron chi connectivity index (χ1n) is 5.69. The van der Waals surface area contributed by atoms with Crippen molar-refractivity contribution in [2.45, 2.75) is 19.4 Å². The summed E-state index contributed by atoms with van der Waals surface area (Å²) < 4.78 is 27.0. The van der Waals surface area contributed by atoms with E-state index in [1.165, 1.54) is 18.2 Å². The number of nitrogens with one attached hydrogen (secondary N) is 1. The summed E-state index contributed by atoms with van der Waals surface area (Å²) in [5, 5.41) is 3.05. The lowest BCUT2D eigenvalue weighted by atomic mass is 10.1. The lowest BCUT2D eigenvalue weighted by Crippen LogP contribution is -2.30. The summed E-state index contributed by atoms with van der Waals surface area (Å²) in [6, 6.07) is 3.35. The standard InChI is InChI=1S/C13H18F2N2/c1-2-3-4-8-17-12(9-16)13-10(14)6-5-7-11(13)15/h2-3,5-7,12,17H,4,8-9,16H2,1H3/b3-2+. The van der Waals surface area contributed by atoms with Gasteiger partial charge in [0.05, 0.1) is 6.04 Å². The van der Waals surface area contributed by atoms with Crippen LogP contribution in [0.25, 0.3) is 0 Å². The smallest absolute Gasteiger partial charge is 0.130 e. The first-order chi connectivity index (χ1) is 8.20. The number of halogens is 2. The predicted octanol–water partition coefficient (Wildman–Crippen LogP) is 2.52. The second kappa shape index (κ2) is 7.14. The van der Waals surface area contributed by atoms with Gasteiger partial charge in [-0.3, -0.25) is 0 Å². The maximum Gasteiger partial charge on any atom is 0.130 e. The molecule has 0 fully saturated rings. The van der Waals surface area contributed by atoms with Gasteiger partial charge in [-0.25, -0.2) is 8.78 Å². The van der Waals surface area contributed by atoms with Gasteiger partial charge in [-0.2, -0.15) is 0 Å². The summed E-state index contributed by atoms with van der Waals surface area (Å²) in [6.45, 7) is 2.73.